The molecule has 76 valence electrons. The van der Waals surface area contributed by atoms with Crippen LogP contribution in [0.1, 0.15) is 11.1 Å². The molecule has 0 saturated carbocycles. The zero-order chi connectivity index (χ0) is 9.80. The molecule has 1 fully saturated rings. The van der Waals surface area contributed by atoms with Gasteiger partial charge in [-0.25, -0.2) is 0 Å². The number of aryl methyl sites for hydroxylation is 1. The van der Waals surface area contributed by atoms with Gasteiger partial charge >= 0.3 is 0 Å². The van der Waals surface area contributed by atoms with Gasteiger partial charge in [-0.05, 0) is 18.9 Å². The molecule has 0 aromatic heterocycles. The van der Waals surface area contributed by atoms with Crippen LogP contribution in [-0.2, 0) is 6.42 Å². The van der Waals surface area contributed by atoms with Crippen molar-refractivity contribution in [2.45, 2.75) is 18.6 Å². The minimum absolute atomic E-state index is 0.769. The molecule has 0 amide bonds. The third-order valence-corrected chi connectivity index (χ3v) is 3.79. The number of hydrogen-bond acceptors (Lipinski definition) is 2. The first kappa shape index (κ1) is 10.1. The second-order valence-electron chi connectivity index (χ2n) is 3.89. The summed E-state index contributed by atoms with van der Waals surface area (Å²) in [6.45, 7) is 4.50. The van der Waals surface area contributed by atoms with Gasteiger partial charge in [0.25, 0.3) is 0 Å². The van der Waals surface area contributed by atoms with Gasteiger partial charge in [-0.1, -0.05) is 29.8 Å². The monoisotopic (exact) mass is 207 g/mol. The van der Waals surface area contributed by atoms with Crippen LogP contribution in [0.4, 0.5) is 0 Å². The predicted molar refractivity (Wildman–Crippen MR) is 64.0 cm³/mol. The molecule has 1 aliphatic rings. The Morgan fingerprint density at radius 3 is 3.14 bits per heavy atom. The van der Waals surface area contributed by atoms with Gasteiger partial charge < -0.3 is 5.32 Å². The average molecular weight is 207 g/mol. The van der Waals surface area contributed by atoms with Gasteiger partial charge in [-0.2, -0.15) is 11.8 Å². The molecule has 0 aliphatic carbocycles. The van der Waals surface area contributed by atoms with E-state index in [0.29, 0.717) is 0 Å². The van der Waals surface area contributed by atoms with Gasteiger partial charge in [0.05, 0.1) is 0 Å². The van der Waals surface area contributed by atoms with Crippen molar-refractivity contribution in [1.82, 2.24) is 5.32 Å². The molecule has 1 aromatic carbocycles. The largest absolute Gasteiger partial charge is 0.315 e. The fourth-order valence-electron chi connectivity index (χ4n) is 1.85. The lowest BCUT2D eigenvalue weighted by atomic mass is 10.1. The van der Waals surface area contributed by atoms with Crippen LogP contribution in [0.5, 0.6) is 0 Å². The van der Waals surface area contributed by atoms with Crippen molar-refractivity contribution < 1.29 is 0 Å². The highest BCUT2D eigenvalue weighted by molar-refractivity contribution is 8.00. The topological polar surface area (TPSA) is 12.0 Å². The minimum atomic E-state index is 0.769. The number of rotatable bonds is 2. The van der Waals surface area contributed by atoms with Crippen LogP contribution in [0.15, 0.2) is 24.3 Å². The van der Waals surface area contributed by atoms with E-state index in [4.69, 9.17) is 0 Å². The van der Waals surface area contributed by atoms with E-state index in [-0.39, 0.29) is 0 Å². The first-order chi connectivity index (χ1) is 6.84. The fraction of sp³-hybridized carbons (Fsp3) is 0.500. The normalized spacial score (nSPS) is 22.2. The Labute approximate surface area is 90.3 Å². The van der Waals surface area contributed by atoms with E-state index in [1.807, 2.05) is 0 Å². The van der Waals surface area contributed by atoms with Crippen LogP contribution in [0.25, 0.3) is 0 Å². The molecule has 1 saturated heterocycles. The molecule has 0 radical (unpaired) electrons. The SMILES string of the molecule is Cc1cccc(CC2CNCCS2)c1. The highest BCUT2D eigenvalue weighted by Gasteiger charge is 2.13. The van der Waals surface area contributed by atoms with Crippen molar-refractivity contribution in [1.29, 1.82) is 0 Å². The Morgan fingerprint density at radius 2 is 2.43 bits per heavy atom. The Morgan fingerprint density at radius 1 is 1.50 bits per heavy atom. The summed E-state index contributed by atoms with van der Waals surface area (Å²) >= 11 is 2.10. The third kappa shape index (κ3) is 2.76. The molecule has 1 aliphatic heterocycles. The molecule has 1 atom stereocenters. The molecule has 1 unspecified atom stereocenters. The summed E-state index contributed by atoms with van der Waals surface area (Å²) in [5.41, 5.74) is 2.85. The van der Waals surface area contributed by atoms with Gasteiger partial charge in [0.2, 0.25) is 0 Å². The van der Waals surface area contributed by atoms with Crippen molar-refractivity contribution in [2.75, 3.05) is 18.8 Å². The molecule has 0 bridgehead atoms. The maximum Gasteiger partial charge on any atom is 0.0213 e. The van der Waals surface area contributed by atoms with E-state index < -0.39 is 0 Å². The second kappa shape index (κ2) is 4.85. The number of hydrogen-bond donors (Lipinski definition) is 1. The molecule has 1 N–H and O–H groups in total. The Balaban J connectivity index is 1.95. The van der Waals surface area contributed by atoms with Gasteiger partial charge in [-0.15, -0.1) is 0 Å². The van der Waals surface area contributed by atoms with Gasteiger partial charge in [0.1, 0.15) is 0 Å². The van der Waals surface area contributed by atoms with E-state index >= 15 is 0 Å². The number of nitrogens with one attached hydrogen (secondary N) is 1. The number of thioether (sulfide) groups is 1. The van der Waals surface area contributed by atoms with E-state index in [1.54, 1.807) is 0 Å². The maximum absolute atomic E-state index is 3.45. The smallest absolute Gasteiger partial charge is 0.0213 e. The quantitative estimate of drug-likeness (QED) is 0.798. The lowest BCUT2D eigenvalue weighted by molar-refractivity contribution is 0.666. The molecular weight excluding hydrogens is 190 g/mol. The summed E-state index contributed by atoms with van der Waals surface area (Å²) in [7, 11) is 0. The fourth-order valence-corrected chi connectivity index (χ4v) is 2.99. The average Bonchev–Trinajstić information content (AvgIpc) is 2.19. The molecule has 0 spiro atoms. The number of benzene rings is 1. The zero-order valence-electron chi connectivity index (χ0n) is 8.62. The van der Waals surface area contributed by atoms with Crippen molar-refractivity contribution in [3.8, 4) is 0 Å². The van der Waals surface area contributed by atoms with Crippen molar-refractivity contribution >= 4 is 11.8 Å². The molecule has 2 rings (SSSR count). The molecule has 1 nitrogen and oxygen atoms in total. The summed E-state index contributed by atoms with van der Waals surface area (Å²) in [6, 6.07) is 8.86. The molecule has 14 heavy (non-hydrogen) atoms. The standard InChI is InChI=1S/C12H17NS/c1-10-3-2-4-11(7-10)8-12-9-13-5-6-14-12/h2-4,7,12-13H,5-6,8-9H2,1H3. The van der Waals surface area contributed by atoms with Gasteiger partial charge in [-0.3, -0.25) is 0 Å². The van der Waals surface area contributed by atoms with Gasteiger partial charge in [0.15, 0.2) is 0 Å². The van der Waals surface area contributed by atoms with E-state index in [2.05, 4.69) is 48.3 Å². The van der Waals surface area contributed by atoms with Crippen LogP contribution in [0.3, 0.4) is 0 Å². The Kier molecular flexibility index (Phi) is 3.49. The first-order valence-electron chi connectivity index (χ1n) is 5.22. The van der Waals surface area contributed by atoms with Crippen LogP contribution < -0.4 is 5.32 Å². The van der Waals surface area contributed by atoms with Crippen LogP contribution in [0, 0.1) is 6.92 Å². The third-order valence-electron chi connectivity index (χ3n) is 2.55. The van der Waals surface area contributed by atoms with E-state index in [9.17, 15) is 0 Å². The van der Waals surface area contributed by atoms with Crippen molar-refractivity contribution in [3.63, 3.8) is 0 Å². The Hall–Kier alpha value is -0.470. The maximum atomic E-state index is 3.45. The second-order valence-corrected chi connectivity index (χ2v) is 5.30. The predicted octanol–water partition coefficient (Wildman–Crippen LogP) is 2.24. The van der Waals surface area contributed by atoms with Crippen LogP contribution in [-0.4, -0.2) is 24.1 Å². The molecular formula is C12H17NS. The van der Waals surface area contributed by atoms with Crippen molar-refractivity contribution in [3.05, 3.63) is 35.4 Å². The van der Waals surface area contributed by atoms with Crippen LogP contribution in [0.2, 0.25) is 0 Å². The lowest BCUT2D eigenvalue weighted by Gasteiger charge is -2.22. The van der Waals surface area contributed by atoms with E-state index in [1.165, 1.54) is 36.4 Å². The molecule has 2 heteroatoms. The first-order valence-corrected chi connectivity index (χ1v) is 6.27. The molecule has 1 heterocycles. The lowest BCUT2D eigenvalue weighted by Crippen LogP contribution is -2.33. The van der Waals surface area contributed by atoms with Gasteiger partial charge in [0, 0.05) is 24.1 Å². The summed E-state index contributed by atoms with van der Waals surface area (Å²) < 4.78 is 0. The Bertz CT molecular complexity index is 292. The highest BCUT2D eigenvalue weighted by atomic mass is 32.2. The zero-order valence-corrected chi connectivity index (χ0v) is 9.44. The van der Waals surface area contributed by atoms with Crippen molar-refractivity contribution in [2.24, 2.45) is 0 Å². The summed E-state index contributed by atoms with van der Waals surface area (Å²) in [4.78, 5) is 0. The van der Waals surface area contributed by atoms with E-state index in [0.717, 1.165) is 5.25 Å². The van der Waals surface area contributed by atoms with Crippen LogP contribution >= 0.6 is 11.8 Å². The highest BCUT2D eigenvalue weighted by Crippen LogP contribution is 2.18. The minimum Gasteiger partial charge on any atom is -0.315 e. The molecule has 1 aromatic rings. The summed E-state index contributed by atoms with van der Waals surface area (Å²) in [5, 5.41) is 4.22. The summed E-state index contributed by atoms with van der Waals surface area (Å²) in [5.74, 6) is 1.26. The summed E-state index contributed by atoms with van der Waals surface area (Å²) in [6.07, 6.45) is 1.21.